The number of ketones is 1. The fraction of sp³-hybridized carbons (Fsp3) is 0.444. The van der Waals surface area contributed by atoms with Crippen LogP contribution in [0.3, 0.4) is 0 Å². The molecule has 1 N–H and O–H groups in total. The van der Waals surface area contributed by atoms with Gasteiger partial charge in [0, 0.05) is 25.4 Å². The molecule has 134 valence electrons. The van der Waals surface area contributed by atoms with Gasteiger partial charge in [0.2, 0.25) is 5.91 Å². The van der Waals surface area contributed by atoms with E-state index in [9.17, 15) is 14.4 Å². The van der Waals surface area contributed by atoms with Gasteiger partial charge in [0.15, 0.2) is 5.16 Å². The quantitative estimate of drug-likeness (QED) is 0.630. The van der Waals surface area contributed by atoms with Crippen molar-refractivity contribution < 1.29 is 9.59 Å². The number of thioether (sulfide) groups is 1. The molecule has 0 radical (unpaired) electrons. The normalized spacial score (nSPS) is 11.5. The fourth-order valence-electron chi connectivity index (χ4n) is 2.15. The van der Waals surface area contributed by atoms with Crippen LogP contribution in [0.4, 0.5) is 0 Å². The summed E-state index contributed by atoms with van der Waals surface area (Å²) in [6, 6.07) is 7.13. The van der Waals surface area contributed by atoms with E-state index >= 15 is 0 Å². The average molecular weight is 361 g/mol. The molecule has 1 heterocycles. The number of nitrogens with one attached hydrogen (secondary N) is 1. The molecule has 1 aromatic carbocycles. The number of aromatic nitrogens is 2. The number of carbonyl (C=O) groups excluding carboxylic acids is 2. The van der Waals surface area contributed by atoms with Crippen LogP contribution >= 0.6 is 11.8 Å². The maximum absolute atomic E-state index is 12.8. The number of fused-ring (bicyclic) bond motifs is 1. The number of nitrogens with zero attached hydrogens (tertiary/aromatic N) is 2. The van der Waals surface area contributed by atoms with E-state index < -0.39 is 5.41 Å². The highest BCUT2D eigenvalue weighted by molar-refractivity contribution is 7.99. The predicted molar refractivity (Wildman–Crippen MR) is 99.9 cm³/mol. The third-order valence-electron chi connectivity index (χ3n) is 3.70. The van der Waals surface area contributed by atoms with Crippen LogP contribution in [0.1, 0.15) is 27.7 Å². The first-order valence-electron chi connectivity index (χ1n) is 8.10. The minimum Gasteiger partial charge on any atom is -0.355 e. The summed E-state index contributed by atoms with van der Waals surface area (Å²) in [4.78, 5) is 40.6. The number of hydrogen-bond acceptors (Lipinski definition) is 5. The van der Waals surface area contributed by atoms with Crippen molar-refractivity contribution in [2.24, 2.45) is 5.41 Å². The third kappa shape index (κ3) is 4.92. The van der Waals surface area contributed by atoms with Crippen molar-refractivity contribution in [3.8, 4) is 0 Å². The Balaban J connectivity index is 2.36. The van der Waals surface area contributed by atoms with Gasteiger partial charge in [-0.05, 0) is 12.1 Å². The van der Waals surface area contributed by atoms with E-state index in [2.05, 4.69) is 10.3 Å². The maximum Gasteiger partial charge on any atom is 0.262 e. The first-order valence-corrected chi connectivity index (χ1v) is 9.09. The second-order valence-electron chi connectivity index (χ2n) is 6.81. The summed E-state index contributed by atoms with van der Waals surface area (Å²) >= 11 is 1.26. The Bertz CT molecular complexity index is 853. The van der Waals surface area contributed by atoms with Gasteiger partial charge in [-0.15, -0.1) is 0 Å². The standard InChI is InChI=1S/C18H23N3O3S/c1-12(22)19-9-10-21-16(24)13-7-5-6-8-14(13)20-17(21)25-11-15(23)18(2,3)4/h5-8H,9-11H2,1-4H3,(H,19,22). The van der Waals surface area contributed by atoms with Crippen molar-refractivity contribution in [2.45, 2.75) is 39.4 Å². The summed E-state index contributed by atoms with van der Waals surface area (Å²) < 4.78 is 1.53. The molecule has 2 rings (SSSR count). The van der Waals surface area contributed by atoms with Crippen LogP contribution in [0.15, 0.2) is 34.2 Å². The molecule has 0 atom stereocenters. The zero-order valence-corrected chi connectivity index (χ0v) is 15.8. The lowest BCUT2D eigenvalue weighted by molar-refractivity contribution is -0.123. The van der Waals surface area contributed by atoms with Crippen LogP contribution in [0, 0.1) is 5.41 Å². The van der Waals surface area contributed by atoms with E-state index in [0.29, 0.717) is 29.1 Å². The highest BCUT2D eigenvalue weighted by Crippen LogP contribution is 2.22. The van der Waals surface area contributed by atoms with E-state index in [-0.39, 0.29) is 23.0 Å². The van der Waals surface area contributed by atoms with E-state index in [0.717, 1.165) is 0 Å². The summed E-state index contributed by atoms with van der Waals surface area (Å²) in [5, 5.41) is 3.70. The fourth-order valence-corrected chi connectivity index (χ4v) is 3.33. The Hall–Kier alpha value is -2.15. The number of hydrogen-bond donors (Lipinski definition) is 1. The number of benzene rings is 1. The first kappa shape index (κ1) is 19.2. The molecule has 0 bridgehead atoms. The monoisotopic (exact) mass is 361 g/mol. The van der Waals surface area contributed by atoms with Crippen molar-refractivity contribution in [1.29, 1.82) is 0 Å². The Morgan fingerprint density at radius 3 is 2.56 bits per heavy atom. The second kappa shape index (κ2) is 7.82. The molecule has 0 unspecified atom stereocenters. The summed E-state index contributed by atoms with van der Waals surface area (Å²) in [6.45, 7) is 7.67. The van der Waals surface area contributed by atoms with Crippen molar-refractivity contribution in [3.05, 3.63) is 34.6 Å². The van der Waals surface area contributed by atoms with Gasteiger partial charge in [0.25, 0.3) is 5.56 Å². The van der Waals surface area contributed by atoms with E-state index in [1.165, 1.54) is 23.3 Å². The highest BCUT2D eigenvalue weighted by Gasteiger charge is 2.22. The van der Waals surface area contributed by atoms with Gasteiger partial charge in [-0.25, -0.2) is 4.98 Å². The molecule has 25 heavy (non-hydrogen) atoms. The molecule has 0 spiro atoms. The predicted octanol–water partition coefficient (Wildman–Crippen LogP) is 2.24. The Labute approximate surface area is 151 Å². The minimum atomic E-state index is -0.439. The van der Waals surface area contributed by atoms with Crippen LogP contribution in [0.2, 0.25) is 0 Å². The van der Waals surface area contributed by atoms with Gasteiger partial charge < -0.3 is 5.32 Å². The van der Waals surface area contributed by atoms with Gasteiger partial charge in [-0.3, -0.25) is 19.0 Å². The Kier molecular flexibility index (Phi) is 6.00. The van der Waals surface area contributed by atoms with Gasteiger partial charge in [0.1, 0.15) is 5.78 Å². The lowest BCUT2D eigenvalue weighted by Crippen LogP contribution is -2.31. The first-order chi connectivity index (χ1) is 11.7. The van der Waals surface area contributed by atoms with Gasteiger partial charge in [0.05, 0.1) is 16.7 Å². The SMILES string of the molecule is CC(=O)NCCn1c(SCC(=O)C(C)(C)C)nc2ccccc2c1=O. The summed E-state index contributed by atoms with van der Waals surface area (Å²) in [7, 11) is 0. The largest absolute Gasteiger partial charge is 0.355 e. The summed E-state index contributed by atoms with van der Waals surface area (Å²) in [5.74, 6) is 0.182. The topological polar surface area (TPSA) is 81.1 Å². The zero-order chi connectivity index (χ0) is 18.6. The number of amides is 1. The van der Waals surface area contributed by atoms with E-state index in [1.807, 2.05) is 26.8 Å². The number of rotatable bonds is 6. The van der Waals surface area contributed by atoms with E-state index in [1.54, 1.807) is 18.2 Å². The Morgan fingerprint density at radius 1 is 1.24 bits per heavy atom. The van der Waals surface area contributed by atoms with Crippen molar-refractivity contribution in [2.75, 3.05) is 12.3 Å². The molecular formula is C18H23N3O3S. The van der Waals surface area contributed by atoms with Crippen molar-refractivity contribution in [1.82, 2.24) is 14.9 Å². The molecule has 0 aliphatic rings. The lowest BCUT2D eigenvalue weighted by atomic mass is 9.92. The molecular weight excluding hydrogens is 338 g/mol. The highest BCUT2D eigenvalue weighted by atomic mass is 32.2. The van der Waals surface area contributed by atoms with Crippen molar-refractivity contribution >= 4 is 34.4 Å². The van der Waals surface area contributed by atoms with Crippen LogP contribution in [0.25, 0.3) is 10.9 Å². The van der Waals surface area contributed by atoms with Gasteiger partial charge in [-0.1, -0.05) is 44.7 Å². The molecule has 2 aromatic rings. The lowest BCUT2D eigenvalue weighted by Gasteiger charge is -2.17. The molecule has 7 heteroatoms. The van der Waals surface area contributed by atoms with Gasteiger partial charge >= 0.3 is 0 Å². The average Bonchev–Trinajstić information content (AvgIpc) is 2.53. The molecule has 1 aromatic heterocycles. The molecule has 0 fully saturated rings. The summed E-state index contributed by atoms with van der Waals surface area (Å²) in [6.07, 6.45) is 0. The number of carbonyl (C=O) groups is 2. The van der Waals surface area contributed by atoms with Crippen molar-refractivity contribution in [3.63, 3.8) is 0 Å². The maximum atomic E-state index is 12.8. The number of Topliss-reactive ketones (excluding diaryl/α,β-unsaturated/α-hetero) is 1. The Morgan fingerprint density at radius 2 is 1.92 bits per heavy atom. The van der Waals surface area contributed by atoms with Gasteiger partial charge in [-0.2, -0.15) is 0 Å². The molecule has 6 nitrogen and oxygen atoms in total. The van der Waals surface area contributed by atoms with Crippen LogP contribution in [-0.4, -0.2) is 33.5 Å². The van der Waals surface area contributed by atoms with Crippen LogP contribution < -0.4 is 10.9 Å². The van der Waals surface area contributed by atoms with Crippen LogP contribution in [0.5, 0.6) is 0 Å². The summed E-state index contributed by atoms with van der Waals surface area (Å²) in [5.41, 5.74) is 0.00108. The zero-order valence-electron chi connectivity index (χ0n) is 15.0. The minimum absolute atomic E-state index is 0.0910. The second-order valence-corrected chi connectivity index (χ2v) is 7.76. The van der Waals surface area contributed by atoms with Crippen LogP contribution in [-0.2, 0) is 16.1 Å². The molecule has 1 amide bonds. The molecule has 0 saturated heterocycles. The third-order valence-corrected chi connectivity index (χ3v) is 4.68. The molecule has 0 saturated carbocycles. The van der Waals surface area contributed by atoms with E-state index in [4.69, 9.17) is 0 Å². The smallest absolute Gasteiger partial charge is 0.262 e. The molecule has 0 aliphatic heterocycles. The molecule has 0 aliphatic carbocycles. The number of para-hydroxylation sites is 1.